The molecule has 0 bridgehead atoms. The first kappa shape index (κ1) is 16.8. The summed E-state index contributed by atoms with van der Waals surface area (Å²) in [6, 6.07) is 0. The van der Waals surface area contributed by atoms with Crippen molar-refractivity contribution >= 4 is 62.7 Å². The summed E-state index contributed by atoms with van der Waals surface area (Å²) in [6.45, 7) is 0. The second-order valence-electron chi connectivity index (χ2n) is 3.90. The van der Waals surface area contributed by atoms with Gasteiger partial charge in [0.05, 0.1) is 31.0 Å². The minimum absolute atomic E-state index is 0.112. The van der Waals surface area contributed by atoms with Crippen molar-refractivity contribution in [2.24, 2.45) is 0 Å². The third-order valence-corrected chi connectivity index (χ3v) is 5.23. The van der Waals surface area contributed by atoms with Gasteiger partial charge in [0.1, 0.15) is 14.7 Å². The highest BCUT2D eigenvalue weighted by Crippen LogP contribution is 2.38. The predicted octanol–water partition coefficient (Wildman–Crippen LogP) is 2.05. The molecule has 0 aliphatic rings. The van der Waals surface area contributed by atoms with Crippen molar-refractivity contribution < 1.29 is 19.1 Å². The molecule has 118 valence electrons. The van der Waals surface area contributed by atoms with Crippen LogP contribution in [0, 0.1) is 0 Å². The first-order valence-electron chi connectivity index (χ1n) is 5.93. The number of ether oxygens (including phenoxy) is 2. The number of aromatic nitrogens is 2. The number of carbonyl (C=O) groups is 2. The van der Waals surface area contributed by atoms with Gasteiger partial charge in [-0.25, -0.2) is 14.8 Å². The van der Waals surface area contributed by atoms with Crippen LogP contribution in [0.15, 0.2) is 10.2 Å². The Morgan fingerprint density at radius 2 is 2.00 bits per heavy atom. The second kappa shape index (κ2) is 7.16. The van der Waals surface area contributed by atoms with Crippen LogP contribution >= 0.6 is 34.9 Å². The number of methoxy groups -OCH3 is 2. The maximum Gasteiger partial charge on any atom is 0.350 e. The molecule has 2 rings (SSSR count). The van der Waals surface area contributed by atoms with Crippen molar-refractivity contribution in [3.05, 3.63) is 4.88 Å². The summed E-state index contributed by atoms with van der Waals surface area (Å²) in [4.78, 5) is 32.5. The van der Waals surface area contributed by atoms with Gasteiger partial charge < -0.3 is 15.2 Å². The van der Waals surface area contributed by atoms with E-state index in [4.69, 9.17) is 10.5 Å². The zero-order valence-electron chi connectivity index (χ0n) is 12.0. The first-order chi connectivity index (χ1) is 10.5. The average Bonchev–Trinajstić information content (AvgIpc) is 2.88. The van der Waals surface area contributed by atoms with Gasteiger partial charge in [0.15, 0.2) is 5.16 Å². The molecule has 22 heavy (non-hydrogen) atoms. The zero-order valence-corrected chi connectivity index (χ0v) is 14.5. The summed E-state index contributed by atoms with van der Waals surface area (Å²) in [5, 5.41) is 1.72. The Balaban J connectivity index is 2.47. The van der Waals surface area contributed by atoms with Gasteiger partial charge in [-0.1, -0.05) is 11.8 Å². The lowest BCUT2D eigenvalue weighted by molar-refractivity contribution is -0.137. The van der Waals surface area contributed by atoms with Gasteiger partial charge in [-0.15, -0.1) is 23.1 Å². The quantitative estimate of drug-likeness (QED) is 0.371. The van der Waals surface area contributed by atoms with Crippen LogP contribution in [-0.4, -0.2) is 48.1 Å². The molecule has 0 aliphatic heterocycles. The minimum Gasteiger partial charge on any atom is -0.468 e. The van der Waals surface area contributed by atoms with Crippen LogP contribution in [0.2, 0.25) is 0 Å². The van der Waals surface area contributed by atoms with E-state index in [1.807, 2.05) is 6.26 Å². The van der Waals surface area contributed by atoms with Gasteiger partial charge in [0, 0.05) is 0 Å². The fourth-order valence-corrected chi connectivity index (χ4v) is 4.07. The van der Waals surface area contributed by atoms with E-state index in [-0.39, 0.29) is 11.7 Å². The third-order valence-electron chi connectivity index (χ3n) is 2.65. The topological polar surface area (TPSA) is 104 Å². The molecule has 7 nitrogen and oxygen atoms in total. The minimum atomic E-state index is -0.503. The van der Waals surface area contributed by atoms with Crippen LogP contribution < -0.4 is 5.73 Å². The van der Waals surface area contributed by atoms with Crippen LogP contribution in [-0.2, 0) is 14.3 Å². The maximum absolute atomic E-state index is 11.7. The highest BCUT2D eigenvalue weighted by atomic mass is 32.2. The Bertz CT molecular complexity index is 732. The molecule has 0 aliphatic carbocycles. The van der Waals surface area contributed by atoms with E-state index in [9.17, 15) is 9.59 Å². The number of anilines is 1. The van der Waals surface area contributed by atoms with Crippen LogP contribution in [0.5, 0.6) is 0 Å². The number of thioether (sulfide) groups is 2. The number of nitrogens with zero attached hydrogens (tertiary/aromatic N) is 2. The number of hydrogen-bond donors (Lipinski definition) is 1. The van der Waals surface area contributed by atoms with Crippen molar-refractivity contribution in [1.82, 2.24) is 9.97 Å². The maximum atomic E-state index is 11.7. The number of nitrogen functional groups attached to an aromatic ring is 1. The molecular formula is C12H13N3O4S3. The Morgan fingerprint density at radius 3 is 2.59 bits per heavy atom. The monoisotopic (exact) mass is 359 g/mol. The number of hydrogen-bond acceptors (Lipinski definition) is 10. The first-order valence-corrected chi connectivity index (χ1v) is 8.96. The third kappa shape index (κ3) is 3.28. The fraction of sp³-hybridized carbons (Fsp3) is 0.333. The van der Waals surface area contributed by atoms with E-state index in [1.54, 1.807) is 0 Å². The van der Waals surface area contributed by atoms with Gasteiger partial charge in [0.25, 0.3) is 0 Å². The van der Waals surface area contributed by atoms with Crippen molar-refractivity contribution in [2.45, 2.75) is 10.2 Å². The molecule has 2 N–H and O–H groups in total. The summed E-state index contributed by atoms with van der Waals surface area (Å²) in [5.41, 5.74) is 6.34. The summed E-state index contributed by atoms with van der Waals surface area (Å²) in [6.07, 6.45) is 1.85. The summed E-state index contributed by atoms with van der Waals surface area (Å²) < 4.78 is 9.30. The largest absolute Gasteiger partial charge is 0.468 e. The van der Waals surface area contributed by atoms with Crippen molar-refractivity contribution in [1.29, 1.82) is 0 Å². The van der Waals surface area contributed by atoms with Crippen LogP contribution in [0.1, 0.15) is 9.67 Å². The van der Waals surface area contributed by atoms with E-state index >= 15 is 0 Å². The lowest BCUT2D eigenvalue weighted by Crippen LogP contribution is -2.04. The van der Waals surface area contributed by atoms with Gasteiger partial charge in [-0.3, -0.25) is 4.79 Å². The fourth-order valence-electron chi connectivity index (χ4n) is 1.61. The molecule has 0 fully saturated rings. The molecule has 0 aromatic carbocycles. The Kier molecular flexibility index (Phi) is 5.48. The van der Waals surface area contributed by atoms with Crippen LogP contribution in [0.3, 0.4) is 0 Å². The summed E-state index contributed by atoms with van der Waals surface area (Å²) >= 11 is 3.71. The van der Waals surface area contributed by atoms with Crippen molar-refractivity contribution in [2.75, 3.05) is 32.0 Å². The van der Waals surface area contributed by atoms with E-state index in [2.05, 4.69) is 14.7 Å². The van der Waals surface area contributed by atoms with E-state index < -0.39 is 5.97 Å². The molecule has 2 aromatic heterocycles. The predicted molar refractivity (Wildman–Crippen MR) is 87.7 cm³/mol. The second-order valence-corrected chi connectivity index (χ2v) is 6.63. The molecule has 10 heteroatoms. The average molecular weight is 359 g/mol. The SMILES string of the molecule is COC(=O)CSc1nc(SC)c2c(N)c(C(=O)OC)sc2n1. The van der Waals surface area contributed by atoms with Gasteiger partial charge >= 0.3 is 11.9 Å². The Labute approximate surface area is 139 Å². The molecule has 0 unspecified atom stereocenters. The molecule has 0 atom stereocenters. The zero-order chi connectivity index (χ0) is 16.3. The molecule has 0 saturated carbocycles. The highest BCUT2D eigenvalue weighted by molar-refractivity contribution is 8.00. The van der Waals surface area contributed by atoms with E-state index in [0.717, 1.165) is 11.3 Å². The summed E-state index contributed by atoms with van der Waals surface area (Å²) in [5.74, 6) is -0.753. The van der Waals surface area contributed by atoms with Crippen LogP contribution in [0.25, 0.3) is 10.2 Å². The molecular weight excluding hydrogens is 346 g/mol. The number of esters is 2. The Hall–Kier alpha value is -1.52. The molecule has 0 radical (unpaired) electrons. The van der Waals surface area contributed by atoms with Crippen molar-refractivity contribution in [3.63, 3.8) is 0 Å². The standard InChI is InChI=1S/C12H13N3O4S3/c1-18-5(16)4-21-12-14-9(20-3)6-7(13)8(11(17)19-2)22-10(6)15-12/h4,13H2,1-3H3. The number of fused-ring (bicyclic) bond motifs is 1. The van der Waals surface area contributed by atoms with Gasteiger partial charge in [0.2, 0.25) is 0 Å². The van der Waals surface area contributed by atoms with Crippen molar-refractivity contribution in [3.8, 4) is 0 Å². The lowest BCUT2D eigenvalue weighted by atomic mass is 10.3. The summed E-state index contributed by atoms with van der Waals surface area (Å²) in [7, 11) is 2.62. The van der Waals surface area contributed by atoms with Crippen LogP contribution in [0.4, 0.5) is 5.69 Å². The lowest BCUT2D eigenvalue weighted by Gasteiger charge is -2.04. The normalized spacial score (nSPS) is 10.7. The molecule has 2 aromatic rings. The Morgan fingerprint density at radius 1 is 1.27 bits per heavy atom. The highest BCUT2D eigenvalue weighted by Gasteiger charge is 2.22. The van der Waals surface area contributed by atoms with Gasteiger partial charge in [-0.2, -0.15) is 0 Å². The smallest absolute Gasteiger partial charge is 0.350 e. The number of carbonyl (C=O) groups excluding carboxylic acids is 2. The number of rotatable bonds is 5. The van der Waals surface area contributed by atoms with E-state index in [1.165, 1.54) is 37.7 Å². The number of thiophene rings is 1. The molecule has 0 saturated heterocycles. The molecule has 2 heterocycles. The van der Waals surface area contributed by atoms with E-state index in [0.29, 0.717) is 31.0 Å². The molecule has 0 amide bonds. The molecule has 0 spiro atoms. The number of nitrogens with two attached hydrogens (primary N) is 1. The van der Waals surface area contributed by atoms with Gasteiger partial charge in [-0.05, 0) is 6.26 Å².